The molecule has 0 spiro atoms. The van der Waals surface area contributed by atoms with Crippen molar-refractivity contribution < 1.29 is 40.2 Å². The van der Waals surface area contributed by atoms with E-state index in [9.17, 15) is 35.4 Å². The molecule has 0 amide bonds. The van der Waals surface area contributed by atoms with Gasteiger partial charge in [0.1, 0.15) is 6.61 Å². The van der Waals surface area contributed by atoms with Crippen molar-refractivity contribution in [1.82, 2.24) is 0 Å². The van der Waals surface area contributed by atoms with Gasteiger partial charge in [0.25, 0.3) is 0 Å². The zero-order valence-corrected chi connectivity index (χ0v) is 17.9. The highest BCUT2D eigenvalue weighted by atomic mass is 16.5. The van der Waals surface area contributed by atoms with E-state index in [1.807, 2.05) is 6.92 Å². The molecule has 3 unspecified atom stereocenters. The molecule has 4 fully saturated rings. The second kappa shape index (κ2) is 6.74. The smallest absolute Gasteiger partial charge is 0.331 e. The monoisotopic (exact) mass is 438 g/mol. The predicted molar refractivity (Wildman–Crippen MR) is 107 cm³/mol. The van der Waals surface area contributed by atoms with E-state index in [1.165, 1.54) is 6.08 Å². The van der Waals surface area contributed by atoms with Crippen molar-refractivity contribution in [2.45, 2.75) is 81.4 Å². The van der Waals surface area contributed by atoms with Crippen molar-refractivity contribution in [1.29, 1.82) is 0 Å². The largest absolute Gasteiger partial charge is 0.458 e. The van der Waals surface area contributed by atoms with Gasteiger partial charge in [0.2, 0.25) is 0 Å². The fourth-order valence-electron chi connectivity index (χ4n) is 8.69. The summed E-state index contributed by atoms with van der Waals surface area (Å²) < 4.78 is 5.11. The number of hydrogen-bond donors (Lipinski definition) is 6. The number of aliphatic hydroxyl groups excluding tert-OH is 4. The average molecular weight is 439 g/mol. The van der Waals surface area contributed by atoms with Crippen molar-refractivity contribution in [3.63, 3.8) is 0 Å². The summed E-state index contributed by atoms with van der Waals surface area (Å²) in [6.45, 7) is 1.64. The van der Waals surface area contributed by atoms with Gasteiger partial charge in [-0.15, -0.1) is 0 Å². The second-order valence-electron chi connectivity index (χ2n) is 11.0. The first-order valence-corrected chi connectivity index (χ1v) is 11.5. The molecule has 174 valence electrons. The maximum absolute atomic E-state index is 12.1. The first-order valence-electron chi connectivity index (χ1n) is 11.5. The topological polar surface area (TPSA) is 148 Å². The van der Waals surface area contributed by atoms with E-state index in [0.29, 0.717) is 19.3 Å². The standard InChI is InChI=1S/C23H34O8/c1-20-9-16(26)19-15(23(20,30)5-3-14(20)12-6-18(28)31-10-12)2-4-21(29)8-13(25)7-17(27)22(19,21)11-24/h6,13-17,19,24-27,29-30H,2-5,7-11H2,1H3/t13-,14+,15?,16?,17+,19?,20+,21-,22+,23-/m0/s1. The Labute approximate surface area is 181 Å². The Morgan fingerprint density at radius 3 is 2.52 bits per heavy atom. The van der Waals surface area contributed by atoms with E-state index in [2.05, 4.69) is 0 Å². The minimum absolute atomic E-state index is 0.0173. The number of carbonyl (C=O) groups excluding carboxylic acids is 1. The maximum atomic E-state index is 12.1. The molecule has 1 heterocycles. The highest BCUT2D eigenvalue weighted by Gasteiger charge is 2.75. The summed E-state index contributed by atoms with van der Waals surface area (Å²) in [6, 6.07) is 0. The van der Waals surface area contributed by atoms with Crippen molar-refractivity contribution in [2.24, 2.45) is 28.6 Å². The third kappa shape index (κ3) is 2.55. The third-order valence-electron chi connectivity index (χ3n) is 10.1. The SMILES string of the molecule is C[C@]12CC(O)C3C(CC[C@]4(O)C[C@@H](O)C[C@@H](O)[C@]34CO)[C@@]1(O)CC[C@@H]2C1=CC(=O)OC1. The average Bonchev–Trinajstić information content (AvgIpc) is 3.21. The van der Waals surface area contributed by atoms with Gasteiger partial charge in [-0.1, -0.05) is 6.92 Å². The van der Waals surface area contributed by atoms with Crippen LogP contribution >= 0.6 is 0 Å². The highest BCUT2D eigenvalue weighted by molar-refractivity contribution is 5.85. The van der Waals surface area contributed by atoms with Crippen LogP contribution in [0.3, 0.4) is 0 Å². The minimum atomic E-state index is -1.52. The van der Waals surface area contributed by atoms with Gasteiger partial charge < -0.3 is 35.4 Å². The summed E-state index contributed by atoms with van der Waals surface area (Å²) in [6.07, 6.45) is 0.531. The molecule has 6 N–H and O–H groups in total. The third-order valence-corrected chi connectivity index (χ3v) is 10.1. The number of cyclic esters (lactones) is 1. The van der Waals surface area contributed by atoms with Crippen molar-refractivity contribution in [3.8, 4) is 0 Å². The predicted octanol–water partition coefficient (Wildman–Crippen LogP) is -0.367. The van der Waals surface area contributed by atoms with E-state index in [-0.39, 0.29) is 44.2 Å². The van der Waals surface area contributed by atoms with Crippen LogP contribution in [0.25, 0.3) is 0 Å². The van der Waals surface area contributed by atoms with Crippen molar-refractivity contribution >= 4 is 5.97 Å². The normalized spacial score (nSPS) is 56.4. The molecule has 8 nitrogen and oxygen atoms in total. The zero-order chi connectivity index (χ0) is 22.4. The van der Waals surface area contributed by atoms with E-state index in [1.54, 1.807) is 0 Å². The Balaban J connectivity index is 1.58. The Morgan fingerprint density at radius 2 is 1.87 bits per heavy atom. The van der Waals surface area contributed by atoms with Crippen LogP contribution in [-0.2, 0) is 9.53 Å². The second-order valence-corrected chi connectivity index (χ2v) is 11.0. The first-order chi connectivity index (χ1) is 14.5. The van der Waals surface area contributed by atoms with Gasteiger partial charge in [-0.25, -0.2) is 4.79 Å². The summed E-state index contributed by atoms with van der Waals surface area (Å²) in [4.78, 5) is 11.7. The molecule has 5 aliphatic rings. The summed E-state index contributed by atoms with van der Waals surface area (Å²) >= 11 is 0. The van der Waals surface area contributed by atoms with Crippen molar-refractivity contribution in [2.75, 3.05) is 13.2 Å². The van der Waals surface area contributed by atoms with Gasteiger partial charge >= 0.3 is 5.97 Å². The number of rotatable bonds is 2. The lowest BCUT2D eigenvalue weighted by molar-refractivity contribution is -0.317. The molecule has 4 aliphatic carbocycles. The molecular formula is C23H34O8. The van der Waals surface area contributed by atoms with Gasteiger partial charge in [0.15, 0.2) is 0 Å². The molecule has 0 bridgehead atoms. The lowest BCUT2D eigenvalue weighted by atomic mass is 9.40. The summed E-state index contributed by atoms with van der Waals surface area (Å²) in [5.74, 6) is -1.62. The van der Waals surface area contributed by atoms with Gasteiger partial charge in [-0.3, -0.25) is 0 Å². The summed E-state index contributed by atoms with van der Waals surface area (Å²) in [5.41, 5.74) is -3.95. The number of carbonyl (C=O) groups is 1. The summed E-state index contributed by atoms with van der Waals surface area (Å²) in [5, 5.41) is 67.0. The van der Waals surface area contributed by atoms with Crippen LogP contribution in [0.4, 0.5) is 0 Å². The van der Waals surface area contributed by atoms with E-state index >= 15 is 0 Å². The Bertz CT molecular complexity index is 813. The highest BCUT2D eigenvalue weighted by Crippen LogP contribution is 2.70. The van der Waals surface area contributed by atoms with E-state index < -0.39 is 58.8 Å². The fraction of sp³-hybridized carbons (Fsp3) is 0.870. The Hall–Kier alpha value is -1.03. The van der Waals surface area contributed by atoms with E-state index in [0.717, 1.165) is 5.57 Å². The first kappa shape index (κ1) is 21.8. The molecule has 5 rings (SSSR count). The molecule has 0 aromatic carbocycles. The zero-order valence-electron chi connectivity index (χ0n) is 17.9. The Morgan fingerprint density at radius 1 is 1.13 bits per heavy atom. The van der Waals surface area contributed by atoms with Crippen LogP contribution in [0.5, 0.6) is 0 Å². The fourth-order valence-corrected chi connectivity index (χ4v) is 8.69. The molecule has 10 atom stereocenters. The molecular weight excluding hydrogens is 404 g/mol. The van der Waals surface area contributed by atoms with Crippen LogP contribution < -0.4 is 0 Å². The molecule has 8 heteroatoms. The van der Waals surface area contributed by atoms with Crippen LogP contribution in [0.15, 0.2) is 11.6 Å². The molecule has 0 aromatic rings. The molecule has 0 radical (unpaired) electrons. The van der Waals surface area contributed by atoms with Crippen LogP contribution in [0, 0.1) is 28.6 Å². The lowest BCUT2D eigenvalue weighted by Crippen LogP contribution is -2.75. The van der Waals surface area contributed by atoms with Gasteiger partial charge in [0, 0.05) is 30.3 Å². The van der Waals surface area contributed by atoms with Gasteiger partial charge in [-0.2, -0.15) is 0 Å². The number of fused-ring (bicyclic) bond motifs is 5. The van der Waals surface area contributed by atoms with Gasteiger partial charge in [-0.05, 0) is 49.5 Å². The number of esters is 1. The lowest BCUT2D eigenvalue weighted by Gasteiger charge is -2.68. The minimum Gasteiger partial charge on any atom is -0.458 e. The van der Waals surface area contributed by atoms with Crippen LogP contribution in [0.2, 0.25) is 0 Å². The maximum Gasteiger partial charge on any atom is 0.331 e. The van der Waals surface area contributed by atoms with Gasteiger partial charge in [0.05, 0.1) is 41.5 Å². The van der Waals surface area contributed by atoms with E-state index in [4.69, 9.17) is 4.74 Å². The molecule has 31 heavy (non-hydrogen) atoms. The molecule has 4 saturated carbocycles. The molecule has 0 aromatic heterocycles. The number of ether oxygens (including phenoxy) is 1. The molecule has 1 aliphatic heterocycles. The number of hydrogen-bond acceptors (Lipinski definition) is 8. The quantitative estimate of drug-likeness (QED) is 0.320. The van der Waals surface area contributed by atoms with Crippen LogP contribution in [-0.4, -0.2) is 79.3 Å². The Kier molecular flexibility index (Phi) is 4.74. The number of aliphatic hydroxyl groups is 6. The molecule has 0 saturated heterocycles. The van der Waals surface area contributed by atoms with Crippen molar-refractivity contribution in [3.05, 3.63) is 11.6 Å². The summed E-state index contributed by atoms with van der Waals surface area (Å²) in [7, 11) is 0. The van der Waals surface area contributed by atoms with Crippen LogP contribution in [0.1, 0.15) is 51.9 Å².